The lowest BCUT2D eigenvalue weighted by Crippen LogP contribution is -2.11. The van der Waals surface area contributed by atoms with Crippen molar-refractivity contribution in [3.63, 3.8) is 0 Å². The molecular formula is C23H31O6P. The first-order valence-corrected chi connectivity index (χ1v) is 11.8. The molecule has 2 rings (SSSR count). The Labute approximate surface area is 179 Å². The van der Waals surface area contributed by atoms with E-state index in [1.807, 2.05) is 27.7 Å². The number of ketones is 1. The Hall–Kier alpha value is -2.46. The molecule has 0 aromatic heterocycles. The largest absolute Gasteiger partial charge is 0.493 e. The number of hydrogen-bond acceptors (Lipinski definition) is 6. The molecule has 7 heteroatoms. The van der Waals surface area contributed by atoms with Gasteiger partial charge in [0.25, 0.3) is 0 Å². The van der Waals surface area contributed by atoms with Crippen molar-refractivity contribution in [2.24, 2.45) is 11.8 Å². The molecule has 2 aromatic rings. The van der Waals surface area contributed by atoms with E-state index in [0.29, 0.717) is 48.0 Å². The maximum absolute atomic E-state index is 13.4. The summed E-state index contributed by atoms with van der Waals surface area (Å²) in [6, 6.07) is 13.7. The molecule has 0 saturated heterocycles. The molecule has 0 aliphatic heterocycles. The van der Waals surface area contributed by atoms with Crippen LogP contribution in [0.4, 0.5) is 0 Å². The molecule has 0 unspecified atom stereocenters. The lowest BCUT2D eigenvalue weighted by Gasteiger charge is -2.20. The van der Waals surface area contributed by atoms with Gasteiger partial charge >= 0.3 is 7.60 Å². The van der Waals surface area contributed by atoms with E-state index in [1.54, 1.807) is 48.5 Å². The fourth-order valence-corrected chi connectivity index (χ4v) is 4.03. The summed E-state index contributed by atoms with van der Waals surface area (Å²) in [7, 11) is -3.80. The normalized spacial score (nSPS) is 11.4. The maximum Gasteiger partial charge on any atom is 0.438 e. The highest BCUT2D eigenvalue weighted by molar-refractivity contribution is 7.55. The van der Waals surface area contributed by atoms with Gasteiger partial charge in [0, 0.05) is 12.1 Å². The smallest absolute Gasteiger partial charge is 0.438 e. The Bertz CT molecular complexity index is 816. The standard InChI is InChI=1S/C23H31O6P/c1-17(2)14-26-20-8-6-10-22(12-20)28-30(25,16-19(5)24)29-23-11-7-9-21(13-23)27-15-18(3)4/h6-13,17-18H,14-16H2,1-5H3. The first kappa shape index (κ1) is 23.8. The Kier molecular flexibility index (Phi) is 8.79. The van der Waals surface area contributed by atoms with Crippen LogP contribution in [-0.2, 0) is 9.36 Å². The summed E-state index contributed by atoms with van der Waals surface area (Å²) in [5, 5.41) is 0. The van der Waals surface area contributed by atoms with Crippen molar-refractivity contribution in [3.8, 4) is 23.0 Å². The van der Waals surface area contributed by atoms with Gasteiger partial charge in [-0.05, 0) is 43.0 Å². The van der Waals surface area contributed by atoms with Crippen LogP contribution in [0.1, 0.15) is 34.6 Å². The molecule has 164 valence electrons. The number of carbonyl (C=O) groups is 1. The highest BCUT2D eigenvalue weighted by Crippen LogP contribution is 2.49. The third kappa shape index (κ3) is 8.50. The van der Waals surface area contributed by atoms with Gasteiger partial charge in [-0.15, -0.1) is 0 Å². The number of hydrogen-bond donors (Lipinski definition) is 0. The number of Topliss-reactive ketones (excluding diaryl/α,β-unsaturated/α-hetero) is 1. The Balaban J connectivity index is 2.18. The van der Waals surface area contributed by atoms with E-state index in [1.165, 1.54) is 6.92 Å². The Morgan fingerprint density at radius 3 is 1.57 bits per heavy atom. The molecule has 0 heterocycles. The molecule has 2 aromatic carbocycles. The summed E-state index contributed by atoms with van der Waals surface area (Å²) < 4.78 is 36.1. The quantitative estimate of drug-likeness (QED) is 0.382. The van der Waals surface area contributed by atoms with Gasteiger partial charge in [0.1, 0.15) is 34.9 Å². The van der Waals surface area contributed by atoms with Gasteiger partial charge in [0.15, 0.2) is 0 Å². The van der Waals surface area contributed by atoms with Gasteiger partial charge in [-0.3, -0.25) is 4.79 Å². The van der Waals surface area contributed by atoms with E-state index in [9.17, 15) is 9.36 Å². The lowest BCUT2D eigenvalue weighted by molar-refractivity contribution is -0.114. The second kappa shape index (κ2) is 11.1. The Morgan fingerprint density at radius 2 is 1.20 bits per heavy atom. The number of ether oxygens (including phenoxy) is 2. The fraction of sp³-hybridized carbons (Fsp3) is 0.435. The predicted molar refractivity (Wildman–Crippen MR) is 118 cm³/mol. The van der Waals surface area contributed by atoms with Crippen LogP contribution in [-0.4, -0.2) is 25.2 Å². The third-order valence-electron chi connectivity index (χ3n) is 3.68. The number of rotatable bonds is 12. The van der Waals surface area contributed by atoms with Crippen molar-refractivity contribution in [3.05, 3.63) is 48.5 Å². The van der Waals surface area contributed by atoms with Crippen LogP contribution < -0.4 is 18.5 Å². The topological polar surface area (TPSA) is 71.1 Å². The summed E-state index contributed by atoms with van der Waals surface area (Å²) in [5.41, 5.74) is 0. The molecular weight excluding hydrogens is 403 g/mol. The van der Waals surface area contributed by atoms with Gasteiger partial charge in [0.2, 0.25) is 0 Å². The summed E-state index contributed by atoms with van der Waals surface area (Å²) in [6.45, 7) is 10.6. The summed E-state index contributed by atoms with van der Waals surface area (Å²) in [5.74, 6) is 2.26. The zero-order chi connectivity index (χ0) is 22.1. The molecule has 0 N–H and O–H groups in total. The van der Waals surface area contributed by atoms with Crippen molar-refractivity contribution in [2.45, 2.75) is 34.6 Å². The minimum absolute atomic E-state index is 0.294. The molecule has 0 amide bonds. The SMILES string of the molecule is CC(=O)CP(=O)(Oc1cccc(OCC(C)C)c1)Oc1cccc(OCC(C)C)c1. The molecule has 0 saturated carbocycles. The summed E-state index contributed by atoms with van der Waals surface area (Å²) in [6.07, 6.45) is -0.346. The monoisotopic (exact) mass is 434 g/mol. The first-order chi connectivity index (χ1) is 14.1. The Morgan fingerprint density at radius 1 is 0.800 bits per heavy atom. The minimum atomic E-state index is -3.80. The van der Waals surface area contributed by atoms with E-state index in [4.69, 9.17) is 18.5 Å². The molecule has 6 nitrogen and oxygen atoms in total. The maximum atomic E-state index is 13.4. The van der Waals surface area contributed by atoms with Crippen LogP contribution in [0.2, 0.25) is 0 Å². The fourth-order valence-electron chi connectivity index (χ4n) is 2.44. The van der Waals surface area contributed by atoms with Crippen LogP contribution in [0.15, 0.2) is 48.5 Å². The average Bonchev–Trinajstić information content (AvgIpc) is 2.64. The molecule has 0 fully saturated rings. The van der Waals surface area contributed by atoms with Crippen LogP contribution in [0.25, 0.3) is 0 Å². The van der Waals surface area contributed by atoms with E-state index in [2.05, 4.69) is 0 Å². The average molecular weight is 434 g/mol. The molecule has 0 radical (unpaired) electrons. The first-order valence-electron chi connectivity index (χ1n) is 10.1. The molecule has 0 spiro atoms. The molecule has 30 heavy (non-hydrogen) atoms. The van der Waals surface area contributed by atoms with Crippen molar-refractivity contribution < 1.29 is 27.9 Å². The van der Waals surface area contributed by atoms with Gasteiger partial charge in [-0.2, -0.15) is 0 Å². The molecule has 0 bridgehead atoms. The van der Waals surface area contributed by atoms with Crippen LogP contribution >= 0.6 is 7.60 Å². The second-order valence-electron chi connectivity index (χ2n) is 8.01. The molecule has 0 aliphatic rings. The zero-order valence-corrected chi connectivity index (χ0v) is 19.2. The van der Waals surface area contributed by atoms with Crippen LogP contribution in [0.3, 0.4) is 0 Å². The summed E-state index contributed by atoms with van der Waals surface area (Å²) in [4.78, 5) is 11.7. The predicted octanol–water partition coefficient (Wildman–Crippen LogP) is 6.00. The number of carbonyl (C=O) groups excluding carboxylic acids is 1. The highest BCUT2D eigenvalue weighted by atomic mass is 31.2. The van der Waals surface area contributed by atoms with E-state index >= 15 is 0 Å². The van der Waals surface area contributed by atoms with Crippen molar-refractivity contribution in [2.75, 3.05) is 19.4 Å². The second-order valence-corrected chi connectivity index (χ2v) is 9.92. The van der Waals surface area contributed by atoms with Crippen LogP contribution in [0.5, 0.6) is 23.0 Å². The minimum Gasteiger partial charge on any atom is -0.493 e. The van der Waals surface area contributed by atoms with Gasteiger partial charge in [0.05, 0.1) is 13.2 Å². The highest BCUT2D eigenvalue weighted by Gasteiger charge is 2.30. The van der Waals surface area contributed by atoms with Crippen LogP contribution in [0, 0.1) is 11.8 Å². The van der Waals surface area contributed by atoms with Gasteiger partial charge < -0.3 is 18.5 Å². The summed E-state index contributed by atoms with van der Waals surface area (Å²) >= 11 is 0. The van der Waals surface area contributed by atoms with E-state index < -0.39 is 7.60 Å². The number of benzene rings is 2. The third-order valence-corrected chi connectivity index (χ3v) is 5.49. The van der Waals surface area contributed by atoms with E-state index in [-0.39, 0.29) is 11.9 Å². The van der Waals surface area contributed by atoms with E-state index in [0.717, 1.165) is 0 Å². The lowest BCUT2D eigenvalue weighted by atomic mass is 10.2. The van der Waals surface area contributed by atoms with Crippen molar-refractivity contribution in [1.29, 1.82) is 0 Å². The van der Waals surface area contributed by atoms with Gasteiger partial charge in [-0.1, -0.05) is 39.8 Å². The molecule has 0 aliphatic carbocycles. The van der Waals surface area contributed by atoms with Crippen molar-refractivity contribution >= 4 is 13.4 Å². The van der Waals surface area contributed by atoms with Gasteiger partial charge in [-0.25, -0.2) is 4.57 Å². The zero-order valence-electron chi connectivity index (χ0n) is 18.3. The van der Waals surface area contributed by atoms with Crippen molar-refractivity contribution in [1.82, 2.24) is 0 Å². The molecule has 0 atom stereocenters.